The molecule has 0 saturated carbocycles. The standard InChI is InChI=1S/C18H14BrClN4O/c1-11(18(25)24-17-7-14(19)15(20)10-23-17)12-4-5-16(22-9-12)13-3-2-6-21-8-13/h2-11H,1H3,(H,23,24,25). The first-order chi connectivity index (χ1) is 12.0. The van der Waals surface area contributed by atoms with Crippen LogP contribution in [0.25, 0.3) is 11.3 Å². The van der Waals surface area contributed by atoms with Crippen molar-refractivity contribution in [3.8, 4) is 11.3 Å². The average Bonchev–Trinajstić information content (AvgIpc) is 2.65. The molecule has 3 aromatic rings. The van der Waals surface area contributed by atoms with Crippen LogP contribution in [0.15, 0.2) is 59.6 Å². The van der Waals surface area contributed by atoms with Gasteiger partial charge in [0, 0.05) is 34.8 Å². The number of hydrogen-bond acceptors (Lipinski definition) is 4. The van der Waals surface area contributed by atoms with Crippen molar-refractivity contribution < 1.29 is 4.79 Å². The largest absolute Gasteiger partial charge is 0.310 e. The van der Waals surface area contributed by atoms with E-state index in [1.165, 1.54) is 6.20 Å². The Hall–Kier alpha value is -2.31. The number of hydrogen-bond donors (Lipinski definition) is 1. The molecule has 0 spiro atoms. The van der Waals surface area contributed by atoms with Gasteiger partial charge in [0.25, 0.3) is 0 Å². The first-order valence-corrected chi connectivity index (χ1v) is 8.70. The highest BCUT2D eigenvalue weighted by Gasteiger charge is 2.17. The van der Waals surface area contributed by atoms with E-state index < -0.39 is 0 Å². The van der Waals surface area contributed by atoms with Gasteiger partial charge in [-0.3, -0.25) is 14.8 Å². The second-order valence-corrected chi connectivity index (χ2v) is 6.67. The molecule has 3 rings (SSSR count). The molecule has 0 aromatic carbocycles. The summed E-state index contributed by atoms with van der Waals surface area (Å²) in [5, 5.41) is 3.27. The molecule has 1 atom stereocenters. The Bertz CT molecular complexity index is 887. The van der Waals surface area contributed by atoms with Crippen molar-refractivity contribution >= 4 is 39.3 Å². The summed E-state index contributed by atoms with van der Waals surface area (Å²) in [4.78, 5) is 25.0. The summed E-state index contributed by atoms with van der Waals surface area (Å²) >= 11 is 9.22. The van der Waals surface area contributed by atoms with Crippen molar-refractivity contribution in [2.24, 2.45) is 0 Å². The third kappa shape index (κ3) is 4.21. The SMILES string of the molecule is CC(C(=O)Nc1cc(Br)c(Cl)cn1)c1ccc(-c2cccnc2)nc1. The number of nitrogens with zero attached hydrogens (tertiary/aromatic N) is 3. The summed E-state index contributed by atoms with van der Waals surface area (Å²) in [6.07, 6.45) is 6.66. The van der Waals surface area contributed by atoms with E-state index in [2.05, 4.69) is 36.2 Å². The van der Waals surface area contributed by atoms with Gasteiger partial charge in [0.05, 0.1) is 16.6 Å². The molecule has 0 bridgehead atoms. The molecule has 0 saturated heterocycles. The Labute approximate surface area is 158 Å². The number of amides is 1. The van der Waals surface area contributed by atoms with Crippen LogP contribution in [0.5, 0.6) is 0 Å². The molecule has 5 nitrogen and oxygen atoms in total. The van der Waals surface area contributed by atoms with E-state index >= 15 is 0 Å². The Morgan fingerprint density at radius 2 is 2.04 bits per heavy atom. The lowest BCUT2D eigenvalue weighted by Crippen LogP contribution is -2.19. The average molecular weight is 418 g/mol. The molecule has 1 unspecified atom stereocenters. The molecule has 0 aliphatic heterocycles. The molecule has 1 amide bonds. The summed E-state index contributed by atoms with van der Waals surface area (Å²) in [5.41, 5.74) is 2.56. The maximum atomic E-state index is 12.4. The first kappa shape index (κ1) is 17.5. The zero-order valence-electron chi connectivity index (χ0n) is 13.3. The van der Waals surface area contributed by atoms with Crippen LogP contribution in [0, 0.1) is 0 Å². The number of carbonyl (C=O) groups excluding carboxylic acids is 1. The molecule has 7 heteroatoms. The number of aromatic nitrogens is 3. The van der Waals surface area contributed by atoms with Crippen LogP contribution >= 0.6 is 27.5 Å². The fourth-order valence-corrected chi connectivity index (χ4v) is 2.64. The highest BCUT2D eigenvalue weighted by atomic mass is 79.9. The number of nitrogens with one attached hydrogen (secondary N) is 1. The molecule has 0 fully saturated rings. The van der Waals surface area contributed by atoms with E-state index in [0.29, 0.717) is 15.3 Å². The smallest absolute Gasteiger partial charge is 0.232 e. The predicted molar refractivity (Wildman–Crippen MR) is 101 cm³/mol. The third-order valence-corrected chi connectivity index (χ3v) is 4.88. The molecule has 0 aliphatic carbocycles. The van der Waals surface area contributed by atoms with Crippen molar-refractivity contribution in [1.82, 2.24) is 15.0 Å². The molecule has 0 radical (unpaired) electrons. The molecule has 126 valence electrons. The Kier molecular flexibility index (Phi) is 5.40. The van der Waals surface area contributed by atoms with Gasteiger partial charge in [0.15, 0.2) is 0 Å². The normalized spacial score (nSPS) is 11.8. The lowest BCUT2D eigenvalue weighted by molar-refractivity contribution is -0.117. The first-order valence-electron chi connectivity index (χ1n) is 7.53. The number of halogens is 2. The monoisotopic (exact) mass is 416 g/mol. The van der Waals surface area contributed by atoms with E-state index in [-0.39, 0.29) is 11.8 Å². The molecule has 3 heterocycles. The summed E-state index contributed by atoms with van der Waals surface area (Å²) in [6, 6.07) is 9.24. The van der Waals surface area contributed by atoms with Crippen molar-refractivity contribution in [2.45, 2.75) is 12.8 Å². The van der Waals surface area contributed by atoms with Crippen LogP contribution in [0.1, 0.15) is 18.4 Å². The minimum absolute atomic E-state index is 0.169. The highest BCUT2D eigenvalue weighted by molar-refractivity contribution is 9.10. The third-order valence-electron chi connectivity index (χ3n) is 3.70. The lowest BCUT2D eigenvalue weighted by Gasteiger charge is -2.12. The minimum Gasteiger partial charge on any atom is -0.310 e. The minimum atomic E-state index is -0.369. The number of carbonyl (C=O) groups is 1. The zero-order valence-corrected chi connectivity index (χ0v) is 15.6. The topological polar surface area (TPSA) is 67.8 Å². The van der Waals surface area contributed by atoms with Gasteiger partial charge in [-0.25, -0.2) is 4.98 Å². The quantitative estimate of drug-likeness (QED) is 0.668. The highest BCUT2D eigenvalue weighted by Crippen LogP contribution is 2.25. The fraction of sp³-hybridized carbons (Fsp3) is 0.111. The van der Waals surface area contributed by atoms with Gasteiger partial charge in [0.1, 0.15) is 5.82 Å². The molecule has 1 N–H and O–H groups in total. The predicted octanol–water partition coefficient (Wildman–Crippen LogP) is 4.70. The summed E-state index contributed by atoms with van der Waals surface area (Å²) in [5.74, 6) is -0.0996. The van der Waals surface area contributed by atoms with Crippen molar-refractivity contribution in [2.75, 3.05) is 5.32 Å². The summed E-state index contributed by atoms with van der Waals surface area (Å²) in [7, 11) is 0. The van der Waals surface area contributed by atoms with Crippen LogP contribution in [0.2, 0.25) is 5.02 Å². The lowest BCUT2D eigenvalue weighted by atomic mass is 10.0. The summed E-state index contributed by atoms with van der Waals surface area (Å²) < 4.78 is 0.676. The van der Waals surface area contributed by atoms with E-state index in [1.807, 2.05) is 31.2 Å². The van der Waals surface area contributed by atoms with Gasteiger partial charge in [-0.05, 0) is 52.7 Å². The van der Waals surface area contributed by atoms with Crippen LogP contribution in [-0.2, 0) is 4.79 Å². The maximum absolute atomic E-state index is 12.4. The van der Waals surface area contributed by atoms with Crippen molar-refractivity contribution in [3.05, 3.63) is 70.2 Å². The van der Waals surface area contributed by atoms with Gasteiger partial charge in [-0.1, -0.05) is 17.7 Å². The second kappa shape index (κ2) is 7.72. The molecule has 3 aromatic heterocycles. The second-order valence-electron chi connectivity index (χ2n) is 5.41. The van der Waals surface area contributed by atoms with Crippen LogP contribution in [0.3, 0.4) is 0 Å². The van der Waals surface area contributed by atoms with E-state index in [0.717, 1.165) is 16.8 Å². The molecule has 0 aliphatic rings. The Morgan fingerprint density at radius 3 is 2.68 bits per heavy atom. The maximum Gasteiger partial charge on any atom is 0.232 e. The van der Waals surface area contributed by atoms with Crippen LogP contribution in [-0.4, -0.2) is 20.9 Å². The Morgan fingerprint density at radius 1 is 1.20 bits per heavy atom. The molecular weight excluding hydrogens is 404 g/mol. The molecular formula is C18H14BrClN4O. The zero-order chi connectivity index (χ0) is 17.8. The van der Waals surface area contributed by atoms with Gasteiger partial charge in [-0.15, -0.1) is 0 Å². The Balaban J connectivity index is 1.72. The van der Waals surface area contributed by atoms with Gasteiger partial charge in [0.2, 0.25) is 5.91 Å². The van der Waals surface area contributed by atoms with Crippen LogP contribution < -0.4 is 5.32 Å². The molecule has 25 heavy (non-hydrogen) atoms. The number of anilines is 1. The van der Waals surface area contributed by atoms with E-state index in [9.17, 15) is 4.79 Å². The van der Waals surface area contributed by atoms with Crippen molar-refractivity contribution in [3.63, 3.8) is 0 Å². The van der Waals surface area contributed by atoms with E-state index in [4.69, 9.17) is 11.6 Å². The number of rotatable bonds is 4. The summed E-state index contributed by atoms with van der Waals surface area (Å²) in [6.45, 7) is 1.82. The van der Waals surface area contributed by atoms with Gasteiger partial charge in [-0.2, -0.15) is 0 Å². The van der Waals surface area contributed by atoms with E-state index in [1.54, 1.807) is 24.7 Å². The van der Waals surface area contributed by atoms with Gasteiger partial charge >= 0.3 is 0 Å². The van der Waals surface area contributed by atoms with Crippen molar-refractivity contribution in [1.29, 1.82) is 0 Å². The number of pyridine rings is 3. The van der Waals surface area contributed by atoms with Crippen LogP contribution in [0.4, 0.5) is 5.82 Å². The fourth-order valence-electron chi connectivity index (χ4n) is 2.21. The van der Waals surface area contributed by atoms with Gasteiger partial charge < -0.3 is 5.32 Å².